The summed E-state index contributed by atoms with van der Waals surface area (Å²) in [6.07, 6.45) is 0. The zero-order valence-corrected chi connectivity index (χ0v) is 15.6. The molecule has 0 unspecified atom stereocenters. The third kappa shape index (κ3) is 3.98. The van der Waals surface area contributed by atoms with Gasteiger partial charge in [0.1, 0.15) is 11.5 Å². The second kappa shape index (κ2) is 8.00. The van der Waals surface area contributed by atoms with Crippen LogP contribution in [-0.2, 0) is 4.79 Å². The summed E-state index contributed by atoms with van der Waals surface area (Å²) >= 11 is 1.07. The van der Waals surface area contributed by atoms with E-state index in [0.29, 0.717) is 28.1 Å². The number of nitrogens with two attached hydrogens (primary N) is 1. The highest BCUT2D eigenvalue weighted by Gasteiger charge is 2.13. The van der Waals surface area contributed by atoms with Crippen LogP contribution in [0.3, 0.4) is 0 Å². The highest BCUT2D eigenvalue weighted by atomic mass is 32.2. The van der Waals surface area contributed by atoms with Gasteiger partial charge in [0.2, 0.25) is 5.91 Å². The second-order valence-electron chi connectivity index (χ2n) is 5.49. The van der Waals surface area contributed by atoms with Crippen LogP contribution >= 0.6 is 11.8 Å². The standard InChI is InChI=1S/C18H18N4O4S/c1-25-11-7-8-15(26-2)14(9-11)20-16(23)10-27-18-21-13-6-4-3-5-12(13)17(24)22(18)19/h3-9H,10,19H2,1-2H3,(H,20,23). The van der Waals surface area contributed by atoms with Crippen LogP contribution in [0.5, 0.6) is 11.5 Å². The maximum atomic E-state index is 12.3. The van der Waals surface area contributed by atoms with E-state index in [-0.39, 0.29) is 22.4 Å². The number of hydrogen-bond donors (Lipinski definition) is 2. The molecule has 0 saturated carbocycles. The summed E-state index contributed by atoms with van der Waals surface area (Å²) in [6, 6.07) is 12.0. The van der Waals surface area contributed by atoms with E-state index in [9.17, 15) is 9.59 Å². The minimum atomic E-state index is -0.363. The number of carbonyl (C=O) groups excluding carboxylic acids is 1. The molecule has 1 amide bonds. The summed E-state index contributed by atoms with van der Waals surface area (Å²) in [4.78, 5) is 29.0. The predicted molar refractivity (Wildman–Crippen MR) is 105 cm³/mol. The lowest BCUT2D eigenvalue weighted by Crippen LogP contribution is -2.30. The molecule has 2 aromatic carbocycles. The topological polar surface area (TPSA) is 108 Å². The van der Waals surface area contributed by atoms with Gasteiger partial charge >= 0.3 is 0 Å². The molecule has 1 aromatic heterocycles. The van der Waals surface area contributed by atoms with Gasteiger partial charge in [-0.2, -0.15) is 0 Å². The van der Waals surface area contributed by atoms with Crippen LogP contribution in [0.2, 0.25) is 0 Å². The number of nitrogens with one attached hydrogen (secondary N) is 1. The van der Waals surface area contributed by atoms with E-state index < -0.39 is 0 Å². The average molecular weight is 386 g/mol. The van der Waals surface area contributed by atoms with Gasteiger partial charge in [-0.05, 0) is 24.3 Å². The first-order chi connectivity index (χ1) is 13.0. The van der Waals surface area contributed by atoms with Crippen LogP contribution in [0.25, 0.3) is 10.9 Å². The van der Waals surface area contributed by atoms with Crippen molar-refractivity contribution in [1.82, 2.24) is 9.66 Å². The number of amides is 1. The molecule has 0 bridgehead atoms. The molecule has 140 valence electrons. The Kier molecular flexibility index (Phi) is 5.51. The van der Waals surface area contributed by atoms with Crippen molar-refractivity contribution in [2.45, 2.75) is 5.16 Å². The van der Waals surface area contributed by atoms with E-state index in [0.717, 1.165) is 16.4 Å². The van der Waals surface area contributed by atoms with Crippen molar-refractivity contribution in [3.8, 4) is 11.5 Å². The number of para-hydroxylation sites is 1. The molecular weight excluding hydrogens is 368 g/mol. The van der Waals surface area contributed by atoms with Gasteiger partial charge in [0.25, 0.3) is 5.56 Å². The van der Waals surface area contributed by atoms with Gasteiger partial charge in [0, 0.05) is 6.07 Å². The number of carbonyl (C=O) groups is 1. The van der Waals surface area contributed by atoms with E-state index in [4.69, 9.17) is 15.3 Å². The number of nitrogens with zero attached hydrogens (tertiary/aromatic N) is 2. The Morgan fingerprint density at radius 2 is 2.00 bits per heavy atom. The summed E-state index contributed by atoms with van der Waals surface area (Å²) in [5.74, 6) is 6.64. The summed E-state index contributed by atoms with van der Waals surface area (Å²) < 4.78 is 11.3. The molecule has 9 heteroatoms. The molecule has 0 spiro atoms. The van der Waals surface area contributed by atoms with Crippen molar-refractivity contribution in [2.75, 3.05) is 31.1 Å². The van der Waals surface area contributed by atoms with Crippen LogP contribution in [-0.4, -0.2) is 35.5 Å². The van der Waals surface area contributed by atoms with Crippen molar-refractivity contribution < 1.29 is 14.3 Å². The third-order valence-electron chi connectivity index (χ3n) is 3.79. The number of thioether (sulfide) groups is 1. The Labute approximate surface area is 159 Å². The molecule has 0 atom stereocenters. The van der Waals surface area contributed by atoms with Crippen molar-refractivity contribution in [1.29, 1.82) is 0 Å². The zero-order chi connectivity index (χ0) is 19.4. The SMILES string of the molecule is COc1ccc(OC)c(NC(=O)CSc2nc3ccccc3c(=O)n2N)c1. The van der Waals surface area contributed by atoms with E-state index in [1.54, 1.807) is 42.5 Å². The highest BCUT2D eigenvalue weighted by Crippen LogP contribution is 2.29. The van der Waals surface area contributed by atoms with Crippen LogP contribution < -0.4 is 26.2 Å². The fourth-order valence-electron chi connectivity index (χ4n) is 2.46. The number of ether oxygens (including phenoxy) is 2. The van der Waals surface area contributed by atoms with Gasteiger partial charge in [-0.1, -0.05) is 23.9 Å². The third-order valence-corrected chi connectivity index (χ3v) is 4.74. The Hall–Kier alpha value is -3.20. The molecule has 3 rings (SSSR count). The Morgan fingerprint density at radius 1 is 1.22 bits per heavy atom. The van der Waals surface area contributed by atoms with E-state index in [2.05, 4.69) is 10.3 Å². The van der Waals surface area contributed by atoms with Gasteiger partial charge in [-0.15, -0.1) is 0 Å². The lowest BCUT2D eigenvalue weighted by atomic mass is 10.2. The molecule has 0 aliphatic rings. The number of methoxy groups -OCH3 is 2. The molecule has 3 aromatic rings. The number of aromatic nitrogens is 2. The van der Waals surface area contributed by atoms with Crippen molar-refractivity contribution in [2.24, 2.45) is 0 Å². The van der Waals surface area contributed by atoms with Gasteiger partial charge < -0.3 is 20.6 Å². The molecule has 0 aliphatic heterocycles. The lowest BCUT2D eigenvalue weighted by Gasteiger charge is -2.12. The summed E-state index contributed by atoms with van der Waals surface area (Å²) in [6.45, 7) is 0. The molecular formula is C18H18N4O4S. The Bertz CT molecular complexity index is 1050. The molecule has 1 heterocycles. The number of rotatable bonds is 6. The first kappa shape index (κ1) is 18.6. The predicted octanol–water partition coefficient (Wildman–Crippen LogP) is 1.86. The minimum Gasteiger partial charge on any atom is -0.497 e. The molecule has 0 fully saturated rings. The maximum Gasteiger partial charge on any atom is 0.280 e. The minimum absolute atomic E-state index is 0.0162. The number of nitrogen functional groups attached to an aromatic ring is 1. The van der Waals surface area contributed by atoms with Gasteiger partial charge in [0.05, 0.1) is 36.6 Å². The van der Waals surface area contributed by atoms with Gasteiger partial charge in [0.15, 0.2) is 5.16 Å². The fraction of sp³-hybridized carbons (Fsp3) is 0.167. The molecule has 0 saturated heterocycles. The van der Waals surface area contributed by atoms with Crippen LogP contribution in [0.1, 0.15) is 0 Å². The first-order valence-corrected chi connectivity index (χ1v) is 8.93. The van der Waals surface area contributed by atoms with Gasteiger partial charge in [-0.25, -0.2) is 9.66 Å². The molecule has 0 aliphatic carbocycles. The quantitative estimate of drug-likeness (QED) is 0.378. The van der Waals surface area contributed by atoms with Crippen molar-refractivity contribution in [3.63, 3.8) is 0 Å². The normalized spacial score (nSPS) is 10.6. The Morgan fingerprint density at radius 3 is 2.74 bits per heavy atom. The van der Waals surface area contributed by atoms with Crippen LogP contribution in [0.15, 0.2) is 52.4 Å². The lowest BCUT2D eigenvalue weighted by molar-refractivity contribution is -0.113. The van der Waals surface area contributed by atoms with Crippen molar-refractivity contribution >= 4 is 34.3 Å². The number of hydrogen-bond acceptors (Lipinski definition) is 7. The molecule has 3 N–H and O–H groups in total. The smallest absolute Gasteiger partial charge is 0.280 e. The average Bonchev–Trinajstić information content (AvgIpc) is 2.69. The van der Waals surface area contributed by atoms with E-state index >= 15 is 0 Å². The zero-order valence-electron chi connectivity index (χ0n) is 14.8. The summed E-state index contributed by atoms with van der Waals surface area (Å²) in [5, 5.41) is 3.44. The van der Waals surface area contributed by atoms with E-state index in [1.807, 2.05) is 0 Å². The van der Waals surface area contributed by atoms with Crippen LogP contribution in [0, 0.1) is 0 Å². The van der Waals surface area contributed by atoms with Crippen molar-refractivity contribution in [3.05, 3.63) is 52.8 Å². The van der Waals surface area contributed by atoms with Crippen LogP contribution in [0.4, 0.5) is 5.69 Å². The second-order valence-corrected chi connectivity index (χ2v) is 6.43. The maximum absolute atomic E-state index is 12.3. The van der Waals surface area contributed by atoms with Gasteiger partial charge in [-0.3, -0.25) is 9.59 Å². The molecule has 27 heavy (non-hydrogen) atoms. The number of anilines is 1. The highest BCUT2D eigenvalue weighted by molar-refractivity contribution is 7.99. The molecule has 8 nitrogen and oxygen atoms in total. The first-order valence-electron chi connectivity index (χ1n) is 7.95. The monoisotopic (exact) mass is 386 g/mol. The fourth-order valence-corrected chi connectivity index (χ4v) is 3.17. The number of benzene rings is 2. The van der Waals surface area contributed by atoms with E-state index in [1.165, 1.54) is 14.2 Å². The summed E-state index contributed by atoms with van der Waals surface area (Å²) in [5.41, 5.74) is 0.651. The Balaban J connectivity index is 1.76. The largest absolute Gasteiger partial charge is 0.497 e. The number of fused-ring (bicyclic) bond motifs is 1. The molecule has 0 radical (unpaired) electrons. The summed E-state index contributed by atoms with van der Waals surface area (Å²) in [7, 11) is 3.05.